The van der Waals surface area contributed by atoms with Crippen LogP contribution in [-0.2, 0) is 0 Å². The highest BCUT2D eigenvalue weighted by molar-refractivity contribution is 5.82. The van der Waals surface area contributed by atoms with Gasteiger partial charge in [0.1, 0.15) is 0 Å². The molecule has 0 aliphatic heterocycles. The van der Waals surface area contributed by atoms with Crippen LogP contribution >= 0.6 is 0 Å². The first kappa shape index (κ1) is 28.3. The molecule has 2 nitrogen and oxygen atoms in total. The van der Waals surface area contributed by atoms with Crippen molar-refractivity contribution in [2.75, 3.05) is 0 Å². The van der Waals surface area contributed by atoms with Crippen molar-refractivity contribution in [1.82, 2.24) is 0 Å². The summed E-state index contributed by atoms with van der Waals surface area (Å²) in [7, 11) is 0. The number of nitrogens with zero attached hydrogens (tertiary/aromatic N) is 2. The smallest absolute Gasteiger partial charge is 0.0998 e. The standard InChI is InChI=1S/C44H28N2/c45-29-31-12-14-33(15-13-31)34-20-22-37(23-21-34)44-28-42(24-25-43(44)30-46)41-11-5-10-40(27-41)36-18-16-35(17-19-36)39-9-4-8-38(26-39)32-6-2-1-3-7-32/h1-28H. The topological polar surface area (TPSA) is 47.6 Å². The molecule has 0 saturated carbocycles. The number of nitriles is 2. The summed E-state index contributed by atoms with van der Waals surface area (Å²) in [6, 6.07) is 62.8. The summed E-state index contributed by atoms with van der Waals surface area (Å²) in [4.78, 5) is 0. The molecule has 0 N–H and O–H groups in total. The van der Waals surface area contributed by atoms with Crippen LogP contribution in [0.1, 0.15) is 11.1 Å². The minimum atomic E-state index is 0.637. The van der Waals surface area contributed by atoms with Crippen molar-refractivity contribution in [3.05, 3.63) is 181 Å². The second-order valence-corrected chi connectivity index (χ2v) is 11.2. The molecule has 7 rings (SSSR count). The summed E-state index contributed by atoms with van der Waals surface area (Å²) in [5.74, 6) is 0. The molecular formula is C44H28N2. The lowest BCUT2D eigenvalue weighted by atomic mass is 9.92. The van der Waals surface area contributed by atoms with Gasteiger partial charge in [-0.2, -0.15) is 10.5 Å². The average molecular weight is 585 g/mol. The van der Waals surface area contributed by atoms with E-state index in [9.17, 15) is 5.26 Å². The van der Waals surface area contributed by atoms with E-state index in [2.05, 4.69) is 140 Å². The lowest BCUT2D eigenvalue weighted by Crippen LogP contribution is -1.88. The van der Waals surface area contributed by atoms with Crippen LogP contribution in [0.25, 0.3) is 66.8 Å². The maximum atomic E-state index is 9.92. The van der Waals surface area contributed by atoms with Gasteiger partial charge in [-0.1, -0.05) is 133 Å². The molecule has 0 spiro atoms. The molecule has 7 aromatic carbocycles. The molecule has 0 aliphatic carbocycles. The van der Waals surface area contributed by atoms with Gasteiger partial charge in [0.2, 0.25) is 0 Å². The van der Waals surface area contributed by atoms with Crippen LogP contribution in [0.4, 0.5) is 0 Å². The van der Waals surface area contributed by atoms with E-state index in [1.165, 1.54) is 22.3 Å². The quantitative estimate of drug-likeness (QED) is 0.195. The van der Waals surface area contributed by atoms with Gasteiger partial charge in [-0.15, -0.1) is 0 Å². The summed E-state index contributed by atoms with van der Waals surface area (Å²) in [5.41, 5.74) is 14.5. The molecule has 46 heavy (non-hydrogen) atoms. The van der Waals surface area contributed by atoms with Crippen molar-refractivity contribution >= 4 is 0 Å². The molecule has 0 heterocycles. The van der Waals surface area contributed by atoms with Crippen molar-refractivity contribution in [3.63, 3.8) is 0 Å². The van der Waals surface area contributed by atoms with Gasteiger partial charge in [0, 0.05) is 5.56 Å². The Morgan fingerprint density at radius 1 is 0.283 bits per heavy atom. The summed E-state index contributed by atoms with van der Waals surface area (Å²) in [6.45, 7) is 0. The van der Waals surface area contributed by atoms with E-state index in [1.807, 2.05) is 42.5 Å². The zero-order chi connectivity index (χ0) is 31.3. The van der Waals surface area contributed by atoms with E-state index in [0.29, 0.717) is 11.1 Å². The third-order valence-corrected chi connectivity index (χ3v) is 8.40. The SMILES string of the molecule is N#Cc1ccc(-c2ccc(-c3cc(-c4cccc(-c5ccc(-c6cccc(-c7ccccc7)c6)cc5)c4)ccc3C#N)cc2)cc1. The third-order valence-electron chi connectivity index (χ3n) is 8.40. The van der Waals surface area contributed by atoms with Crippen molar-refractivity contribution in [3.8, 4) is 78.9 Å². The summed E-state index contributed by atoms with van der Waals surface area (Å²) in [6.07, 6.45) is 0. The van der Waals surface area contributed by atoms with Crippen LogP contribution in [-0.4, -0.2) is 0 Å². The lowest BCUT2D eigenvalue weighted by Gasteiger charge is -2.11. The average Bonchev–Trinajstić information content (AvgIpc) is 3.15. The lowest BCUT2D eigenvalue weighted by molar-refractivity contribution is 1.47. The molecule has 0 atom stereocenters. The molecule has 0 fully saturated rings. The van der Waals surface area contributed by atoms with E-state index < -0.39 is 0 Å². The van der Waals surface area contributed by atoms with Gasteiger partial charge in [0.05, 0.1) is 23.3 Å². The highest BCUT2D eigenvalue weighted by Gasteiger charge is 2.10. The highest BCUT2D eigenvalue weighted by Crippen LogP contribution is 2.34. The molecule has 214 valence electrons. The van der Waals surface area contributed by atoms with Crippen LogP contribution in [0.2, 0.25) is 0 Å². The fraction of sp³-hybridized carbons (Fsp3) is 0. The molecular weight excluding hydrogens is 556 g/mol. The monoisotopic (exact) mass is 584 g/mol. The van der Waals surface area contributed by atoms with Crippen LogP contribution in [0.15, 0.2) is 170 Å². The first-order valence-electron chi connectivity index (χ1n) is 15.2. The molecule has 0 unspecified atom stereocenters. The van der Waals surface area contributed by atoms with Crippen molar-refractivity contribution in [2.45, 2.75) is 0 Å². The predicted molar refractivity (Wildman–Crippen MR) is 188 cm³/mol. The molecule has 0 amide bonds. The van der Waals surface area contributed by atoms with Gasteiger partial charge in [-0.25, -0.2) is 0 Å². The Labute approximate surface area is 269 Å². The molecule has 7 aromatic rings. The molecule has 2 heteroatoms. The zero-order valence-corrected chi connectivity index (χ0v) is 25.1. The summed E-state index contributed by atoms with van der Waals surface area (Å²) < 4.78 is 0. The fourth-order valence-electron chi connectivity index (χ4n) is 5.88. The minimum absolute atomic E-state index is 0.637. The minimum Gasteiger partial charge on any atom is -0.192 e. The van der Waals surface area contributed by atoms with Gasteiger partial charge in [-0.05, 0) is 97.6 Å². The molecule has 0 radical (unpaired) electrons. The Hall–Kier alpha value is -6.48. The normalized spacial score (nSPS) is 10.6. The van der Waals surface area contributed by atoms with Crippen molar-refractivity contribution < 1.29 is 0 Å². The maximum absolute atomic E-state index is 9.92. The van der Waals surface area contributed by atoms with Crippen LogP contribution in [0.5, 0.6) is 0 Å². The van der Waals surface area contributed by atoms with Gasteiger partial charge in [0.25, 0.3) is 0 Å². The number of hydrogen-bond acceptors (Lipinski definition) is 2. The van der Waals surface area contributed by atoms with Gasteiger partial charge in [-0.3, -0.25) is 0 Å². The largest absolute Gasteiger partial charge is 0.192 e. The Morgan fingerprint density at radius 2 is 0.652 bits per heavy atom. The van der Waals surface area contributed by atoms with Crippen molar-refractivity contribution in [1.29, 1.82) is 10.5 Å². The molecule has 0 aromatic heterocycles. The first-order valence-corrected chi connectivity index (χ1v) is 15.2. The Morgan fingerprint density at radius 3 is 1.15 bits per heavy atom. The van der Waals surface area contributed by atoms with Gasteiger partial charge >= 0.3 is 0 Å². The second-order valence-electron chi connectivity index (χ2n) is 11.2. The Kier molecular flexibility index (Phi) is 7.77. The second kappa shape index (κ2) is 12.6. The Balaban J connectivity index is 1.15. The van der Waals surface area contributed by atoms with E-state index in [1.54, 1.807) is 0 Å². The van der Waals surface area contributed by atoms with Crippen LogP contribution in [0.3, 0.4) is 0 Å². The molecule has 0 saturated heterocycles. The van der Waals surface area contributed by atoms with Gasteiger partial charge in [0.15, 0.2) is 0 Å². The van der Waals surface area contributed by atoms with E-state index in [0.717, 1.165) is 44.5 Å². The van der Waals surface area contributed by atoms with Gasteiger partial charge < -0.3 is 0 Å². The number of hydrogen-bond donors (Lipinski definition) is 0. The van der Waals surface area contributed by atoms with Crippen molar-refractivity contribution in [2.24, 2.45) is 0 Å². The van der Waals surface area contributed by atoms with E-state index >= 15 is 0 Å². The predicted octanol–water partition coefficient (Wildman–Crippen LogP) is 11.4. The van der Waals surface area contributed by atoms with Crippen LogP contribution < -0.4 is 0 Å². The first-order chi connectivity index (χ1) is 22.7. The number of benzene rings is 7. The highest BCUT2D eigenvalue weighted by atomic mass is 14.3. The maximum Gasteiger partial charge on any atom is 0.0998 e. The number of rotatable bonds is 6. The van der Waals surface area contributed by atoms with E-state index in [4.69, 9.17) is 5.26 Å². The fourth-order valence-corrected chi connectivity index (χ4v) is 5.88. The summed E-state index contributed by atoms with van der Waals surface area (Å²) >= 11 is 0. The van der Waals surface area contributed by atoms with E-state index in [-0.39, 0.29) is 0 Å². The zero-order valence-electron chi connectivity index (χ0n) is 25.1. The van der Waals surface area contributed by atoms with Crippen LogP contribution in [0, 0.1) is 22.7 Å². The Bertz CT molecular complexity index is 2230. The molecule has 0 bridgehead atoms. The molecule has 0 aliphatic rings. The summed E-state index contributed by atoms with van der Waals surface area (Å²) in [5, 5.41) is 19.0. The third kappa shape index (κ3) is 5.85.